The number of allylic oxidation sites excluding steroid dienone is 1. The first-order chi connectivity index (χ1) is 17.4. The van der Waals surface area contributed by atoms with Crippen molar-refractivity contribution in [1.82, 2.24) is 0 Å². The van der Waals surface area contributed by atoms with E-state index in [0.29, 0.717) is 5.92 Å². The second-order valence-electron chi connectivity index (χ2n) is 10.3. The van der Waals surface area contributed by atoms with Crippen molar-refractivity contribution in [1.29, 1.82) is 0 Å². The Kier molecular flexibility index (Phi) is 6.54. The zero-order valence-electron chi connectivity index (χ0n) is 21.0. The average molecular weight is 605 g/mol. The second kappa shape index (κ2) is 9.55. The minimum absolute atomic E-state index is 0.125. The molecule has 4 heteroatoms. The molecule has 4 aromatic carbocycles. The van der Waals surface area contributed by atoms with E-state index in [-0.39, 0.29) is 3.63 Å². The molecular weight excluding hydrogens is 575 g/mol. The van der Waals surface area contributed by atoms with Crippen LogP contribution in [0.15, 0.2) is 90.5 Å². The summed E-state index contributed by atoms with van der Waals surface area (Å²) in [5, 5.41) is 3.01. The van der Waals surface area contributed by atoms with Gasteiger partial charge in [-0.1, -0.05) is 0 Å². The summed E-state index contributed by atoms with van der Waals surface area (Å²) in [7, 11) is 15.0. The normalized spacial score (nSPS) is 17.5. The average Bonchev–Trinajstić information content (AvgIpc) is 3.47. The first-order valence-electron chi connectivity index (χ1n) is 12.9. The Morgan fingerprint density at radius 1 is 0.861 bits per heavy atom. The zero-order valence-corrected chi connectivity index (χ0v) is 26.4. The molecule has 0 N–H and O–H groups in total. The van der Waals surface area contributed by atoms with Crippen LogP contribution in [0.4, 0.5) is 0 Å². The summed E-state index contributed by atoms with van der Waals surface area (Å²) >= 11 is -3.95. The van der Waals surface area contributed by atoms with Gasteiger partial charge in [-0.05, 0) is 0 Å². The van der Waals surface area contributed by atoms with E-state index >= 15 is 0 Å². The number of hydrogen-bond donors (Lipinski definition) is 0. The van der Waals surface area contributed by atoms with Gasteiger partial charge in [0, 0.05) is 0 Å². The van der Waals surface area contributed by atoms with Crippen LogP contribution in [0.1, 0.15) is 40.6 Å². The van der Waals surface area contributed by atoms with Crippen LogP contribution in [0.5, 0.6) is 0 Å². The van der Waals surface area contributed by atoms with Crippen LogP contribution in [-0.4, -0.2) is 9.52 Å². The van der Waals surface area contributed by atoms with Gasteiger partial charge >= 0.3 is 230 Å². The Balaban J connectivity index is 1.55. The van der Waals surface area contributed by atoms with Gasteiger partial charge in [0.05, 0.1) is 0 Å². The number of rotatable bonds is 5. The van der Waals surface area contributed by atoms with Gasteiger partial charge in [-0.25, -0.2) is 0 Å². The molecule has 6 rings (SSSR count). The third-order valence-electron chi connectivity index (χ3n) is 8.26. The van der Waals surface area contributed by atoms with E-state index in [9.17, 15) is 0 Å². The molecule has 2 aliphatic rings. The standard InChI is InChI=1S/C20H21.C12H9Si.2ClH.Zr/c1-4-14(2)18-12-17-11-10-15(3)20(19(17)13-18)16-8-6-5-7-9-16;1-3-7-11-9(5-1)10-6-2-4-8-12(10)13-11;;;/h5-14H,4H2,1-3H3;1-7H,13H2;2*1H;/q;;;;+2/p-2. The molecule has 1 aliphatic carbocycles. The van der Waals surface area contributed by atoms with Crippen molar-refractivity contribution in [2.24, 2.45) is 5.92 Å². The number of hydrogen-bond acceptors (Lipinski definition) is 0. The summed E-state index contributed by atoms with van der Waals surface area (Å²) < 4.78 is 1.43. The maximum absolute atomic E-state index is 7.81. The summed E-state index contributed by atoms with van der Waals surface area (Å²) in [4.78, 5) is 0. The Morgan fingerprint density at radius 3 is 2.36 bits per heavy atom. The van der Waals surface area contributed by atoms with E-state index < -0.39 is 27.4 Å². The Labute approximate surface area is 228 Å². The molecule has 1 aliphatic heterocycles. The van der Waals surface area contributed by atoms with Crippen LogP contribution in [0, 0.1) is 12.8 Å². The molecular formula is C32H30Cl2SiZr. The fraction of sp³-hybridized carbons (Fsp3) is 0.188. The van der Waals surface area contributed by atoms with Crippen molar-refractivity contribution < 1.29 is 17.9 Å². The Bertz CT molecular complexity index is 1510. The van der Waals surface area contributed by atoms with Crippen molar-refractivity contribution in [2.45, 2.75) is 30.8 Å². The number of fused-ring (bicyclic) bond motifs is 4. The molecule has 0 saturated carbocycles. The molecule has 2 unspecified atom stereocenters. The van der Waals surface area contributed by atoms with Gasteiger partial charge in [-0.2, -0.15) is 0 Å². The predicted octanol–water partition coefficient (Wildman–Crippen LogP) is 7.03. The summed E-state index contributed by atoms with van der Waals surface area (Å²) in [6.07, 6.45) is 3.54. The fourth-order valence-corrected chi connectivity index (χ4v) is 23.2. The van der Waals surface area contributed by atoms with Crippen molar-refractivity contribution in [3.05, 3.63) is 107 Å². The predicted molar refractivity (Wildman–Crippen MR) is 158 cm³/mol. The zero-order chi connectivity index (χ0) is 25.0. The molecule has 0 saturated heterocycles. The van der Waals surface area contributed by atoms with Gasteiger partial charge in [-0.15, -0.1) is 0 Å². The van der Waals surface area contributed by atoms with E-state index in [2.05, 4.69) is 112 Å². The number of aryl methyl sites for hydroxylation is 1. The summed E-state index contributed by atoms with van der Waals surface area (Å²) in [5.74, 6) is 0.436. The summed E-state index contributed by atoms with van der Waals surface area (Å²) in [6, 6.07) is 31.0. The van der Waals surface area contributed by atoms with Crippen LogP contribution in [0.25, 0.3) is 28.3 Å². The topological polar surface area (TPSA) is 0 Å². The number of halogens is 2. The molecule has 36 heavy (non-hydrogen) atoms. The minimum atomic E-state index is -3.95. The molecule has 2 atom stereocenters. The SMILES string of the molecule is CCC(C)C1=Cc2c(ccc(C)c2-c2ccccc2)[CH]1[Zr]([Cl])([Cl])[c]1cccc2c1[SiH2]c1ccccc1-2. The molecule has 0 fully saturated rings. The van der Waals surface area contributed by atoms with E-state index in [1.54, 1.807) is 0 Å². The van der Waals surface area contributed by atoms with Crippen molar-refractivity contribution in [2.75, 3.05) is 0 Å². The Hall–Kier alpha value is -1.70. The fourth-order valence-electron chi connectivity index (χ4n) is 6.26. The molecule has 1 heterocycles. The molecule has 0 amide bonds. The van der Waals surface area contributed by atoms with Crippen LogP contribution in [-0.2, 0) is 17.9 Å². The summed E-state index contributed by atoms with van der Waals surface area (Å²) in [6.45, 7) is 6.84. The van der Waals surface area contributed by atoms with Crippen LogP contribution >= 0.6 is 17.0 Å². The van der Waals surface area contributed by atoms with Crippen LogP contribution in [0.2, 0.25) is 0 Å². The Morgan fingerprint density at radius 2 is 1.58 bits per heavy atom. The summed E-state index contributed by atoms with van der Waals surface area (Å²) in [5.41, 5.74) is 10.8. The van der Waals surface area contributed by atoms with E-state index in [1.165, 1.54) is 58.2 Å². The monoisotopic (exact) mass is 602 g/mol. The van der Waals surface area contributed by atoms with E-state index in [4.69, 9.17) is 17.0 Å². The third kappa shape index (κ3) is 3.88. The first-order valence-corrected chi connectivity index (χ1v) is 23.3. The third-order valence-corrected chi connectivity index (χ3v) is 22.5. The van der Waals surface area contributed by atoms with Crippen LogP contribution < -0.4 is 13.6 Å². The van der Waals surface area contributed by atoms with Crippen molar-refractivity contribution >= 4 is 46.3 Å². The van der Waals surface area contributed by atoms with Gasteiger partial charge in [0.25, 0.3) is 0 Å². The van der Waals surface area contributed by atoms with E-state index in [0.717, 1.165) is 6.42 Å². The molecule has 0 aromatic heterocycles. The van der Waals surface area contributed by atoms with Gasteiger partial charge in [-0.3, -0.25) is 0 Å². The van der Waals surface area contributed by atoms with Crippen molar-refractivity contribution in [3.63, 3.8) is 0 Å². The molecule has 4 aromatic rings. The quantitative estimate of drug-likeness (QED) is 0.189. The second-order valence-corrected chi connectivity index (χ2v) is 26.1. The molecule has 0 radical (unpaired) electrons. The molecule has 0 nitrogen and oxygen atoms in total. The van der Waals surface area contributed by atoms with Gasteiger partial charge in [0.2, 0.25) is 0 Å². The van der Waals surface area contributed by atoms with Crippen molar-refractivity contribution in [3.8, 4) is 22.3 Å². The van der Waals surface area contributed by atoms with Crippen LogP contribution in [0.3, 0.4) is 0 Å². The van der Waals surface area contributed by atoms with Gasteiger partial charge in [0.1, 0.15) is 0 Å². The number of benzene rings is 4. The molecule has 0 bridgehead atoms. The van der Waals surface area contributed by atoms with Gasteiger partial charge < -0.3 is 0 Å². The molecule has 180 valence electrons. The molecule has 0 spiro atoms. The van der Waals surface area contributed by atoms with E-state index in [1.807, 2.05) is 0 Å². The maximum atomic E-state index is 7.81. The van der Waals surface area contributed by atoms with Gasteiger partial charge in [0.15, 0.2) is 0 Å². The first kappa shape index (κ1) is 24.6.